The summed E-state index contributed by atoms with van der Waals surface area (Å²) in [5.74, 6) is -0.921. The lowest BCUT2D eigenvalue weighted by molar-refractivity contribution is 0.102. The van der Waals surface area contributed by atoms with Gasteiger partial charge in [-0.3, -0.25) is 4.79 Å². The Morgan fingerprint density at radius 1 is 1.00 bits per heavy atom. The number of sulfonamides is 1. The maximum absolute atomic E-state index is 13.5. The molecule has 0 saturated carbocycles. The van der Waals surface area contributed by atoms with Crippen molar-refractivity contribution in [3.8, 4) is 0 Å². The molecule has 2 aromatic carbocycles. The van der Waals surface area contributed by atoms with Crippen molar-refractivity contribution in [2.45, 2.75) is 4.90 Å². The van der Waals surface area contributed by atoms with E-state index >= 15 is 0 Å². The summed E-state index contributed by atoms with van der Waals surface area (Å²) in [4.78, 5) is 14.2. The van der Waals surface area contributed by atoms with Gasteiger partial charge in [-0.1, -0.05) is 0 Å². The third kappa shape index (κ3) is 4.15. The Bertz CT molecular complexity index is 879. The molecule has 0 saturated heterocycles. The van der Waals surface area contributed by atoms with Crippen molar-refractivity contribution in [3.05, 3.63) is 53.8 Å². The molecule has 0 spiro atoms. The number of benzene rings is 2. The molecule has 0 bridgehead atoms. The maximum atomic E-state index is 13.5. The largest absolute Gasteiger partial charge is 0.376 e. The molecule has 1 N–H and O–H groups in total. The summed E-state index contributed by atoms with van der Waals surface area (Å²) in [5, 5.41) is 2.65. The van der Waals surface area contributed by atoms with Gasteiger partial charge in [-0.2, -0.15) is 0 Å². The predicted molar refractivity (Wildman–Crippen MR) is 96.0 cm³/mol. The molecule has 0 atom stereocenters. The summed E-state index contributed by atoms with van der Waals surface area (Å²) in [6.07, 6.45) is 0. The number of anilines is 2. The van der Waals surface area contributed by atoms with E-state index in [1.807, 2.05) is 0 Å². The van der Waals surface area contributed by atoms with E-state index in [-0.39, 0.29) is 10.5 Å². The van der Waals surface area contributed by atoms with E-state index in [1.54, 1.807) is 25.1 Å². The van der Waals surface area contributed by atoms with Gasteiger partial charge in [0.2, 0.25) is 10.0 Å². The Labute approximate surface area is 146 Å². The van der Waals surface area contributed by atoms with Gasteiger partial charge in [0.05, 0.1) is 16.3 Å². The zero-order chi connectivity index (χ0) is 18.8. The molecule has 0 aliphatic rings. The summed E-state index contributed by atoms with van der Waals surface area (Å²) < 4.78 is 38.7. The highest BCUT2D eigenvalue weighted by atomic mass is 32.2. The first-order chi connectivity index (χ1) is 11.6. The summed E-state index contributed by atoms with van der Waals surface area (Å²) in [6.45, 7) is 0. The van der Waals surface area contributed by atoms with Crippen molar-refractivity contribution in [3.63, 3.8) is 0 Å². The molecule has 0 heterocycles. The Morgan fingerprint density at radius 3 is 2.12 bits per heavy atom. The normalized spacial score (nSPS) is 11.4. The van der Waals surface area contributed by atoms with Crippen molar-refractivity contribution < 1.29 is 17.6 Å². The average Bonchev–Trinajstić information content (AvgIpc) is 2.54. The second-order valence-electron chi connectivity index (χ2n) is 5.82. The van der Waals surface area contributed by atoms with E-state index in [4.69, 9.17) is 0 Å². The van der Waals surface area contributed by atoms with Gasteiger partial charge in [-0.05, 0) is 42.5 Å². The first-order valence-electron chi connectivity index (χ1n) is 7.44. The first kappa shape index (κ1) is 18.9. The number of amides is 1. The van der Waals surface area contributed by atoms with Gasteiger partial charge in [0.25, 0.3) is 5.91 Å². The highest BCUT2D eigenvalue weighted by Gasteiger charge is 2.18. The Morgan fingerprint density at radius 2 is 1.60 bits per heavy atom. The lowest BCUT2D eigenvalue weighted by atomic mass is 10.2. The Balaban J connectivity index is 2.27. The van der Waals surface area contributed by atoms with Crippen molar-refractivity contribution in [1.82, 2.24) is 4.31 Å². The second kappa shape index (κ2) is 7.20. The molecular weight excluding hydrogens is 345 g/mol. The van der Waals surface area contributed by atoms with Crippen LogP contribution in [-0.4, -0.2) is 46.8 Å². The quantitative estimate of drug-likeness (QED) is 0.883. The summed E-state index contributed by atoms with van der Waals surface area (Å²) in [7, 11) is 2.87. The number of nitrogens with one attached hydrogen (secondary N) is 1. The lowest BCUT2D eigenvalue weighted by Crippen LogP contribution is -2.22. The van der Waals surface area contributed by atoms with Crippen molar-refractivity contribution in [2.75, 3.05) is 38.4 Å². The molecule has 0 aliphatic carbocycles. The van der Waals surface area contributed by atoms with E-state index < -0.39 is 21.7 Å². The molecule has 2 rings (SSSR count). The Kier molecular flexibility index (Phi) is 5.44. The molecule has 0 aliphatic heterocycles. The number of carbonyl (C=O) groups excluding carboxylic acids is 1. The van der Waals surface area contributed by atoms with Gasteiger partial charge in [0.15, 0.2) is 0 Å². The fraction of sp³-hybridized carbons (Fsp3) is 0.235. The van der Waals surface area contributed by atoms with Gasteiger partial charge < -0.3 is 10.2 Å². The van der Waals surface area contributed by atoms with Gasteiger partial charge >= 0.3 is 0 Å². The number of carbonyl (C=O) groups is 1. The highest BCUT2D eigenvalue weighted by molar-refractivity contribution is 7.89. The standard InChI is InChI=1S/C17H20FN3O3S/c1-20(2)16-10-7-13(18)11-15(16)19-17(22)12-5-8-14(9-6-12)25(23,24)21(3)4/h5-11H,1-4H3,(H,19,22). The van der Waals surface area contributed by atoms with E-state index in [2.05, 4.69) is 5.32 Å². The number of halogens is 1. The zero-order valence-electron chi connectivity index (χ0n) is 14.4. The lowest BCUT2D eigenvalue weighted by Gasteiger charge is -2.18. The van der Waals surface area contributed by atoms with Crippen molar-refractivity contribution >= 4 is 27.3 Å². The molecule has 0 unspecified atom stereocenters. The van der Waals surface area contributed by atoms with Crippen LogP contribution in [0.5, 0.6) is 0 Å². The van der Waals surface area contributed by atoms with Crippen LogP contribution in [0.25, 0.3) is 0 Å². The fourth-order valence-electron chi connectivity index (χ4n) is 2.18. The molecule has 0 fully saturated rings. The summed E-state index contributed by atoms with van der Waals surface area (Å²) >= 11 is 0. The topological polar surface area (TPSA) is 69.7 Å². The SMILES string of the molecule is CN(C)c1ccc(F)cc1NC(=O)c1ccc(S(=O)(=O)N(C)C)cc1. The van der Waals surface area contributed by atoms with E-state index in [0.717, 1.165) is 4.31 Å². The van der Waals surface area contributed by atoms with Crippen LogP contribution >= 0.6 is 0 Å². The summed E-state index contributed by atoms with van der Waals surface area (Å²) in [5.41, 5.74) is 1.26. The molecule has 2 aromatic rings. The van der Waals surface area contributed by atoms with Gasteiger partial charge in [-0.15, -0.1) is 0 Å². The van der Waals surface area contributed by atoms with Crippen LogP contribution in [0.4, 0.5) is 15.8 Å². The van der Waals surface area contributed by atoms with E-state index in [1.165, 1.54) is 50.5 Å². The van der Waals surface area contributed by atoms with E-state index in [0.29, 0.717) is 11.4 Å². The minimum absolute atomic E-state index is 0.0915. The van der Waals surface area contributed by atoms with Crippen LogP contribution in [0.15, 0.2) is 47.4 Å². The molecule has 1 amide bonds. The van der Waals surface area contributed by atoms with Gasteiger partial charge in [0, 0.05) is 33.8 Å². The number of hydrogen-bond donors (Lipinski definition) is 1. The van der Waals surface area contributed by atoms with Crippen LogP contribution in [-0.2, 0) is 10.0 Å². The molecule has 134 valence electrons. The van der Waals surface area contributed by atoms with Crippen molar-refractivity contribution in [2.24, 2.45) is 0 Å². The minimum atomic E-state index is -3.56. The zero-order valence-corrected chi connectivity index (χ0v) is 15.3. The van der Waals surface area contributed by atoms with Crippen LogP contribution in [0.3, 0.4) is 0 Å². The van der Waals surface area contributed by atoms with Crippen molar-refractivity contribution in [1.29, 1.82) is 0 Å². The molecule has 0 radical (unpaired) electrons. The van der Waals surface area contributed by atoms with E-state index in [9.17, 15) is 17.6 Å². The molecule has 25 heavy (non-hydrogen) atoms. The molecule has 0 aromatic heterocycles. The number of rotatable bonds is 5. The summed E-state index contributed by atoms with van der Waals surface area (Å²) in [6, 6.07) is 9.67. The average molecular weight is 365 g/mol. The third-order valence-corrected chi connectivity index (χ3v) is 5.41. The minimum Gasteiger partial charge on any atom is -0.376 e. The fourth-order valence-corrected chi connectivity index (χ4v) is 3.08. The molecule has 8 heteroatoms. The molecular formula is C17H20FN3O3S. The van der Waals surface area contributed by atoms with Gasteiger partial charge in [0.1, 0.15) is 5.82 Å². The smallest absolute Gasteiger partial charge is 0.255 e. The van der Waals surface area contributed by atoms with Crippen LogP contribution in [0, 0.1) is 5.82 Å². The predicted octanol–water partition coefficient (Wildman–Crippen LogP) is 2.39. The second-order valence-corrected chi connectivity index (χ2v) is 7.97. The van der Waals surface area contributed by atoms with Crippen LogP contribution in [0.2, 0.25) is 0 Å². The number of hydrogen-bond acceptors (Lipinski definition) is 4. The first-order valence-corrected chi connectivity index (χ1v) is 8.88. The number of nitrogens with zero attached hydrogens (tertiary/aromatic N) is 2. The molecule has 6 nitrogen and oxygen atoms in total. The van der Waals surface area contributed by atoms with Crippen LogP contribution < -0.4 is 10.2 Å². The highest BCUT2D eigenvalue weighted by Crippen LogP contribution is 2.26. The monoisotopic (exact) mass is 365 g/mol. The maximum Gasteiger partial charge on any atom is 0.255 e. The third-order valence-electron chi connectivity index (χ3n) is 3.58. The van der Waals surface area contributed by atoms with Gasteiger partial charge in [-0.25, -0.2) is 17.1 Å². The Hall–Kier alpha value is -2.45. The van der Waals surface area contributed by atoms with Crippen LogP contribution in [0.1, 0.15) is 10.4 Å².